The van der Waals surface area contributed by atoms with Crippen molar-refractivity contribution in [3.05, 3.63) is 59.3 Å². The SMILES string of the molecule is COc1ccc(-c2cc(CN3CCc4nc(C5CC5)ncc4C3)no2)cc1. The van der Waals surface area contributed by atoms with E-state index in [2.05, 4.69) is 15.0 Å². The molecule has 3 heterocycles. The zero-order valence-corrected chi connectivity index (χ0v) is 15.4. The molecule has 6 nitrogen and oxygen atoms in total. The van der Waals surface area contributed by atoms with Gasteiger partial charge in [-0.05, 0) is 37.1 Å². The number of aromatic nitrogens is 3. The van der Waals surface area contributed by atoms with Crippen molar-refractivity contribution in [1.82, 2.24) is 20.0 Å². The van der Waals surface area contributed by atoms with Crippen LogP contribution in [0, 0.1) is 0 Å². The van der Waals surface area contributed by atoms with Gasteiger partial charge >= 0.3 is 0 Å². The molecule has 0 saturated heterocycles. The van der Waals surface area contributed by atoms with E-state index in [0.717, 1.165) is 54.6 Å². The van der Waals surface area contributed by atoms with Gasteiger partial charge in [0.15, 0.2) is 5.76 Å². The van der Waals surface area contributed by atoms with E-state index in [1.165, 1.54) is 24.1 Å². The first-order chi connectivity index (χ1) is 13.3. The number of fused-ring (bicyclic) bond motifs is 1. The van der Waals surface area contributed by atoms with Crippen LogP contribution in [0.2, 0.25) is 0 Å². The Labute approximate surface area is 158 Å². The molecular formula is C21H22N4O2. The molecule has 0 bridgehead atoms. The van der Waals surface area contributed by atoms with Gasteiger partial charge in [-0.2, -0.15) is 0 Å². The Bertz CT molecular complexity index is 947. The first-order valence-electron chi connectivity index (χ1n) is 9.45. The molecule has 2 aromatic heterocycles. The molecular weight excluding hydrogens is 340 g/mol. The Hall–Kier alpha value is -2.73. The second-order valence-electron chi connectivity index (χ2n) is 7.35. The minimum atomic E-state index is 0.611. The highest BCUT2D eigenvalue weighted by Crippen LogP contribution is 2.38. The molecule has 0 spiro atoms. The third kappa shape index (κ3) is 3.45. The predicted molar refractivity (Wildman–Crippen MR) is 100 cm³/mol. The summed E-state index contributed by atoms with van der Waals surface area (Å²) in [5.74, 6) is 3.27. The van der Waals surface area contributed by atoms with E-state index in [1.807, 2.05) is 36.5 Å². The molecule has 0 amide bonds. The van der Waals surface area contributed by atoms with Gasteiger partial charge in [0.25, 0.3) is 0 Å². The predicted octanol–water partition coefficient (Wildman–Crippen LogP) is 3.58. The van der Waals surface area contributed by atoms with Gasteiger partial charge < -0.3 is 9.26 Å². The molecule has 5 rings (SSSR count). The maximum absolute atomic E-state index is 5.54. The fourth-order valence-corrected chi connectivity index (χ4v) is 3.57. The lowest BCUT2D eigenvalue weighted by molar-refractivity contribution is 0.235. The molecule has 1 aromatic carbocycles. The second kappa shape index (κ2) is 6.78. The quantitative estimate of drug-likeness (QED) is 0.691. The lowest BCUT2D eigenvalue weighted by Gasteiger charge is -2.27. The lowest BCUT2D eigenvalue weighted by Crippen LogP contribution is -2.31. The summed E-state index contributed by atoms with van der Waals surface area (Å²) in [4.78, 5) is 11.7. The number of hydrogen-bond donors (Lipinski definition) is 0. The van der Waals surface area contributed by atoms with Crippen molar-refractivity contribution in [3.8, 4) is 17.1 Å². The van der Waals surface area contributed by atoms with Crippen molar-refractivity contribution in [2.75, 3.05) is 13.7 Å². The van der Waals surface area contributed by atoms with Crippen LogP contribution >= 0.6 is 0 Å². The number of rotatable bonds is 5. The molecule has 1 aliphatic heterocycles. The molecule has 2 aliphatic rings. The van der Waals surface area contributed by atoms with Crippen LogP contribution in [0.4, 0.5) is 0 Å². The van der Waals surface area contributed by atoms with Gasteiger partial charge in [0.1, 0.15) is 11.6 Å². The van der Waals surface area contributed by atoms with E-state index in [-0.39, 0.29) is 0 Å². The molecule has 1 aliphatic carbocycles. The molecule has 0 unspecified atom stereocenters. The molecule has 138 valence electrons. The first kappa shape index (κ1) is 16.4. The number of hydrogen-bond acceptors (Lipinski definition) is 6. The van der Waals surface area contributed by atoms with Crippen molar-refractivity contribution in [2.24, 2.45) is 0 Å². The zero-order valence-electron chi connectivity index (χ0n) is 15.4. The van der Waals surface area contributed by atoms with Gasteiger partial charge in [-0.25, -0.2) is 9.97 Å². The van der Waals surface area contributed by atoms with Crippen LogP contribution in [0.5, 0.6) is 5.75 Å². The lowest BCUT2D eigenvalue weighted by atomic mass is 10.1. The second-order valence-corrected chi connectivity index (χ2v) is 7.35. The van der Waals surface area contributed by atoms with Gasteiger partial charge in [0, 0.05) is 61.1 Å². The van der Waals surface area contributed by atoms with Crippen LogP contribution in [-0.4, -0.2) is 33.7 Å². The van der Waals surface area contributed by atoms with Gasteiger partial charge in [-0.3, -0.25) is 4.90 Å². The third-order valence-electron chi connectivity index (χ3n) is 5.29. The highest BCUT2D eigenvalue weighted by Gasteiger charge is 2.28. The standard InChI is InChI=1S/C21H22N4O2/c1-26-18-6-4-14(5-7-18)20-10-17(24-27-20)13-25-9-8-19-16(12-25)11-22-21(23-19)15-2-3-15/h4-7,10-11,15H,2-3,8-9,12-13H2,1H3. The number of ether oxygens (including phenoxy) is 1. The molecule has 1 saturated carbocycles. The first-order valence-corrected chi connectivity index (χ1v) is 9.45. The number of methoxy groups -OCH3 is 1. The Morgan fingerprint density at radius 1 is 1.22 bits per heavy atom. The van der Waals surface area contributed by atoms with Crippen LogP contribution < -0.4 is 4.74 Å². The number of nitrogens with zero attached hydrogens (tertiary/aromatic N) is 4. The van der Waals surface area contributed by atoms with Crippen molar-refractivity contribution < 1.29 is 9.26 Å². The van der Waals surface area contributed by atoms with Crippen molar-refractivity contribution in [1.29, 1.82) is 0 Å². The van der Waals surface area contributed by atoms with Gasteiger partial charge in [0.05, 0.1) is 12.8 Å². The van der Waals surface area contributed by atoms with E-state index >= 15 is 0 Å². The summed E-state index contributed by atoms with van der Waals surface area (Å²) in [6.45, 7) is 2.62. The highest BCUT2D eigenvalue weighted by molar-refractivity contribution is 5.58. The van der Waals surface area contributed by atoms with Crippen molar-refractivity contribution in [2.45, 2.75) is 38.3 Å². The normalized spacial score (nSPS) is 16.9. The molecule has 27 heavy (non-hydrogen) atoms. The Morgan fingerprint density at radius 3 is 2.85 bits per heavy atom. The Morgan fingerprint density at radius 2 is 2.07 bits per heavy atom. The van der Waals surface area contributed by atoms with Crippen molar-refractivity contribution >= 4 is 0 Å². The van der Waals surface area contributed by atoms with E-state index in [1.54, 1.807) is 7.11 Å². The maximum atomic E-state index is 5.54. The van der Waals surface area contributed by atoms with Crippen LogP contribution in [0.3, 0.4) is 0 Å². The molecule has 0 radical (unpaired) electrons. The van der Waals surface area contributed by atoms with E-state index in [9.17, 15) is 0 Å². The van der Waals surface area contributed by atoms with E-state index in [0.29, 0.717) is 5.92 Å². The minimum Gasteiger partial charge on any atom is -0.497 e. The fraction of sp³-hybridized carbons (Fsp3) is 0.381. The average Bonchev–Trinajstić information content (AvgIpc) is 3.47. The average molecular weight is 362 g/mol. The molecule has 1 fully saturated rings. The monoisotopic (exact) mass is 362 g/mol. The van der Waals surface area contributed by atoms with E-state index in [4.69, 9.17) is 14.2 Å². The largest absolute Gasteiger partial charge is 0.497 e. The highest BCUT2D eigenvalue weighted by atomic mass is 16.5. The minimum absolute atomic E-state index is 0.611. The fourth-order valence-electron chi connectivity index (χ4n) is 3.57. The summed E-state index contributed by atoms with van der Waals surface area (Å²) < 4.78 is 10.7. The maximum Gasteiger partial charge on any atom is 0.167 e. The summed E-state index contributed by atoms with van der Waals surface area (Å²) >= 11 is 0. The van der Waals surface area contributed by atoms with Crippen LogP contribution in [0.25, 0.3) is 11.3 Å². The third-order valence-corrected chi connectivity index (χ3v) is 5.29. The van der Waals surface area contributed by atoms with E-state index < -0.39 is 0 Å². The van der Waals surface area contributed by atoms with Gasteiger partial charge in [-0.1, -0.05) is 5.16 Å². The summed E-state index contributed by atoms with van der Waals surface area (Å²) in [6.07, 6.45) is 5.48. The molecule has 6 heteroatoms. The molecule has 0 atom stereocenters. The summed E-state index contributed by atoms with van der Waals surface area (Å²) in [5, 5.41) is 4.25. The van der Waals surface area contributed by atoms with Crippen LogP contribution in [0.1, 0.15) is 41.5 Å². The summed E-state index contributed by atoms with van der Waals surface area (Å²) in [5.41, 5.74) is 4.41. The summed E-state index contributed by atoms with van der Waals surface area (Å²) in [7, 11) is 1.66. The smallest absolute Gasteiger partial charge is 0.167 e. The number of benzene rings is 1. The molecule has 0 N–H and O–H groups in total. The van der Waals surface area contributed by atoms with Crippen LogP contribution in [-0.2, 0) is 19.5 Å². The summed E-state index contributed by atoms with van der Waals surface area (Å²) in [6, 6.07) is 9.83. The zero-order chi connectivity index (χ0) is 18.2. The van der Waals surface area contributed by atoms with Crippen molar-refractivity contribution in [3.63, 3.8) is 0 Å². The Kier molecular flexibility index (Phi) is 4.13. The molecule has 3 aromatic rings. The van der Waals surface area contributed by atoms with Crippen LogP contribution in [0.15, 0.2) is 41.1 Å². The van der Waals surface area contributed by atoms with Gasteiger partial charge in [-0.15, -0.1) is 0 Å². The topological polar surface area (TPSA) is 64.3 Å². The van der Waals surface area contributed by atoms with Gasteiger partial charge in [0.2, 0.25) is 0 Å². The Balaban J connectivity index is 1.26.